The number of nitrogens with one attached hydrogen (secondary N) is 2. The maximum absolute atomic E-state index is 14.1. The fraction of sp³-hybridized carbons (Fsp3) is 0.857. The number of epoxide rings is 5. The van der Waals surface area contributed by atoms with E-state index in [0.717, 1.165) is 9.80 Å². The van der Waals surface area contributed by atoms with Gasteiger partial charge in [-0.05, 0) is 0 Å². The Balaban J connectivity index is 1.12. The van der Waals surface area contributed by atoms with Gasteiger partial charge in [-0.2, -0.15) is 0 Å². The second-order valence-corrected chi connectivity index (χ2v) is 13.0. The molecule has 9 atom stereocenters. The van der Waals surface area contributed by atoms with Gasteiger partial charge in [0.25, 0.3) is 11.8 Å². The van der Waals surface area contributed by atoms with Crippen LogP contribution in [-0.4, -0.2) is 134 Å². The van der Waals surface area contributed by atoms with Crippen LogP contribution in [0.25, 0.3) is 0 Å². The minimum Gasteiger partial charge on any atom is -0.373 e. The number of nitrogens with zero attached hydrogens (tertiary/aromatic N) is 2. The summed E-state index contributed by atoms with van der Waals surface area (Å²) in [6.07, 6.45) is -1.47. The summed E-state index contributed by atoms with van der Waals surface area (Å²) in [5.74, 6) is -1.86. The van der Waals surface area contributed by atoms with E-state index in [-0.39, 0.29) is 85.7 Å². The SMILES string of the molecule is CC(C1CO1)C1(C(C)C2CO2)NC(=O)N(CC(CN2C(=O)NC(C(C)C3CO3)(C(C)C3CO3)C2=O)OCC2CO2)C1=O. The summed E-state index contributed by atoms with van der Waals surface area (Å²) in [5, 5.41) is 5.99. The molecule has 232 valence electrons. The quantitative estimate of drug-likeness (QED) is 0.186. The molecule has 2 N–H and O–H groups in total. The molecule has 0 aromatic rings. The largest absolute Gasteiger partial charge is 0.373 e. The highest BCUT2D eigenvalue weighted by molar-refractivity contribution is 6.08. The maximum Gasteiger partial charge on any atom is 0.325 e. The molecule has 0 aromatic heterocycles. The van der Waals surface area contributed by atoms with Crippen molar-refractivity contribution in [2.24, 2.45) is 23.7 Å². The predicted octanol–water partition coefficient (Wildman–Crippen LogP) is -0.509. The van der Waals surface area contributed by atoms with Gasteiger partial charge in [-0.15, -0.1) is 0 Å². The van der Waals surface area contributed by atoms with Gasteiger partial charge >= 0.3 is 12.1 Å². The lowest BCUT2D eigenvalue weighted by Crippen LogP contribution is -2.60. The monoisotopic (exact) mass is 592 g/mol. The summed E-state index contributed by atoms with van der Waals surface area (Å²) in [6, 6.07) is -1.08. The fourth-order valence-corrected chi connectivity index (χ4v) is 7.15. The van der Waals surface area contributed by atoms with Gasteiger partial charge in [0.1, 0.15) is 17.2 Å². The van der Waals surface area contributed by atoms with E-state index in [2.05, 4.69) is 10.6 Å². The molecule has 7 fully saturated rings. The first-order chi connectivity index (χ1) is 20.1. The number of hydrogen-bond donors (Lipinski definition) is 2. The lowest BCUT2D eigenvalue weighted by Gasteiger charge is -2.37. The van der Waals surface area contributed by atoms with Gasteiger partial charge in [0.2, 0.25) is 0 Å². The van der Waals surface area contributed by atoms with Crippen molar-refractivity contribution in [1.82, 2.24) is 20.4 Å². The molecule has 9 unspecified atom stereocenters. The Bertz CT molecular complexity index is 1030. The molecular weight excluding hydrogens is 552 g/mol. The van der Waals surface area contributed by atoms with Gasteiger partial charge < -0.3 is 39.1 Å². The van der Waals surface area contributed by atoms with Crippen LogP contribution in [0.2, 0.25) is 0 Å². The van der Waals surface area contributed by atoms with E-state index in [1.807, 2.05) is 27.7 Å². The highest BCUT2D eigenvalue weighted by atomic mass is 16.6. The lowest BCUT2D eigenvalue weighted by atomic mass is 9.72. The molecule has 0 spiro atoms. The van der Waals surface area contributed by atoms with Crippen molar-refractivity contribution in [3.05, 3.63) is 0 Å². The van der Waals surface area contributed by atoms with Gasteiger partial charge in [-0.1, -0.05) is 27.7 Å². The van der Waals surface area contributed by atoms with Crippen LogP contribution in [-0.2, 0) is 38.0 Å². The van der Waals surface area contributed by atoms with E-state index < -0.39 is 29.2 Å². The van der Waals surface area contributed by atoms with E-state index in [4.69, 9.17) is 28.4 Å². The summed E-state index contributed by atoms with van der Waals surface area (Å²) in [7, 11) is 0. The number of carbonyl (C=O) groups excluding carboxylic acids is 4. The molecule has 7 saturated heterocycles. The Kier molecular flexibility index (Phi) is 6.83. The van der Waals surface area contributed by atoms with Crippen LogP contribution in [0.1, 0.15) is 27.7 Å². The van der Waals surface area contributed by atoms with E-state index in [1.54, 1.807) is 0 Å². The first kappa shape index (κ1) is 28.4. The van der Waals surface area contributed by atoms with Crippen LogP contribution in [0.15, 0.2) is 0 Å². The van der Waals surface area contributed by atoms with E-state index in [1.165, 1.54) is 0 Å². The second kappa shape index (κ2) is 10.1. The third kappa shape index (κ3) is 4.70. The number of ether oxygens (including phenoxy) is 6. The highest BCUT2D eigenvalue weighted by Gasteiger charge is 2.65. The van der Waals surface area contributed by atoms with E-state index in [9.17, 15) is 19.2 Å². The molecule has 42 heavy (non-hydrogen) atoms. The summed E-state index contributed by atoms with van der Waals surface area (Å²) in [5.41, 5.74) is -2.39. The molecule has 7 aliphatic rings. The Morgan fingerprint density at radius 1 is 0.667 bits per heavy atom. The molecule has 14 nitrogen and oxygen atoms in total. The average molecular weight is 593 g/mol. The van der Waals surface area contributed by atoms with Crippen LogP contribution in [0, 0.1) is 23.7 Å². The van der Waals surface area contributed by atoms with Crippen molar-refractivity contribution in [3.63, 3.8) is 0 Å². The van der Waals surface area contributed by atoms with Crippen molar-refractivity contribution >= 4 is 23.9 Å². The Hall–Kier alpha value is -2.36. The molecule has 0 aromatic carbocycles. The Morgan fingerprint density at radius 3 is 1.29 bits per heavy atom. The highest BCUT2D eigenvalue weighted by Crippen LogP contribution is 2.45. The smallest absolute Gasteiger partial charge is 0.325 e. The molecular formula is C28H40N4O10. The van der Waals surface area contributed by atoms with Crippen LogP contribution in [0.4, 0.5) is 9.59 Å². The average Bonchev–Trinajstić information content (AvgIpc) is 3.79. The topological polar surface area (TPSA) is 171 Å². The van der Waals surface area contributed by atoms with Crippen molar-refractivity contribution < 1.29 is 47.6 Å². The normalized spacial score (nSPS) is 41.7. The zero-order chi connectivity index (χ0) is 29.6. The van der Waals surface area contributed by atoms with Gasteiger partial charge in [-0.25, -0.2) is 9.59 Å². The predicted molar refractivity (Wildman–Crippen MR) is 141 cm³/mol. The first-order valence-electron chi connectivity index (χ1n) is 15.1. The molecule has 7 rings (SSSR count). The minimum absolute atomic E-state index is 0.102. The van der Waals surface area contributed by atoms with Crippen LogP contribution < -0.4 is 10.6 Å². The molecule has 0 bridgehead atoms. The summed E-state index contributed by atoms with van der Waals surface area (Å²) >= 11 is 0. The number of rotatable bonds is 15. The molecule has 0 radical (unpaired) electrons. The first-order valence-corrected chi connectivity index (χ1v) is 15.1. The van der Waals surface area contributed by atoms with Crippen molar-refractivity contribution in [3.8, 4) is 0 Å². The number of urea groups is 2. The number of carbonyl (C=O) groups is 4. The number of hydrogen-bond acceptors (Lipinski definition) is 10. The van der Waals surface area contributed by atoms with Crippen LogP contribution >= 0.6 is 0 Å². The summed E-state index contributed by atoms with van der Waals surface area (Å²) < 4.78 is 33.6. The maximum atomic E-state index is 14.1. The van der Waals surface area contributed by atoms with E-state index in [0.29, 0.717) is 33.0 Å². The molecule has 7 aliphatic heterocycles. The molecule has 0 saturated carbocycles. The van der Waals surface area contributed by atoms with E-state index >= 15 is 0 Å². The summed E-state index contributed by atoms with van der Waals surface area (Å²) in [4.78, 5) is 57.5. The van der Waals surface area contributed by atoms with Crippen LogP contribution in [0.3, 0.4) is 0 Å². The molecule has 0 aliphatic carbocycles. The lowest BCUT2D eigenvalue weighted by molar-refractivity contribution is -0.139. The standard InChI is InChI=1S/C28H40N4O10/c1-13(19-9-39-19)27(14(2)20-10-40-20)23(33)31(25(35)29-27)5-17(37-7-18-8-38-18)6-32-24(34)28(30-26(32)36,15(3)21-11-41-21)16(4)22-12-42-22/h13-22H,5-12H2,1-4H3,(H,29,35)(H,30,36). The minimum atomic E-state index is -1.20. The van der Waals surface area contributed by atoms with Gasteiger partial charge in [0.05, 0.1) is 83.3 Å². The Morgan fingerprint density at radius 2 is 1.00 bits per heavy atom. The molecule has 14 heteroatoms. The van der Waals surface area contributed by atoms with Crippen LogP contribution in [0.5, 0.6) is 0 Å². The van der Waals surface area contributed by atoms with Crippen molar-refractivity contribution in [1.29, 1.82) is 0 Å². The third-order valence-electron chi connectivity index (χ3n) is 10.5. The number of imide groups is 2. The Labute approximate surface area is 243 Å². The summed E-state index contributed by atoms with van der Waals surface area (Å²) in [6.45, 7) is 10.3. The fourth-order valence-electron chi connectivity index (χ4n) is 7.15. The van der Waals surface area contributed by atoms with Gasteiger partial charge in [0, 0.05) is 23.7 Å². The zero-order valence-corrected chi connectivity index (χ0v) is 24.4. The molecule has 7 heterocycles. The van der Waals surface area contributed by atoms with Gasteiger partial charge in [0.15, 0.2) is 0 Å². The van der Waals surface area contributed by atoms with Crippen molar-refractivity contribution in [2.45, 2.75) is 75.4 Å². The van der Waals surface area contributed by atoms with Gasteiger partial charge in [-0.3, -0.25) is 19.4 Å². The van der Waals surface area contributed by atoms with Crippen molar-refractivity contribution in [2.75, 3.05) is 52.7 Å². The second-order valence-electron chi connectivity index (χ2n) is 13.0. The zero-order valence-electron chi connectivity index (χ0n) is 24.4. The number of amides is 6. The molecule has 6 amide bonds. The third-order valence-corrected chi connectivity index (χ3v) is 10.5.